The highest BCUT2D eigenvalue weighted by Crippen LogP contribution is 2.26. The molecule has 3 nitrogen and oxygen atoms in total. The van der Waals surface area contributed by atoms with E-state index in [1.165, 1.54) is 6.20 Å². The van der Waals surface area contributed by atoms with Gasteiger partial charge in [-0.1, -0.05) is 0 Å². The van der Waals surface area contributed by atoms with Gasteiger partial charge in [0, 0.05) is 22.5 Å². The molecule has 2 heterocycles. The first-order chi connectivity index (χ1) is 7.83. The Bertz CT molecular complexity index is 635. The molecular weight excluding hydrogens is 220 g/mol. The van der Waals surface area contributed by atoms with Crippen LogP contribution in [-0.4, -0.2) is 15.1 Å². The molecule has 0 amide bonds. The number of pyridine rings is 1. The van der Waals surface area contributed by atoms with E-state index in [0.717, 1.165) is 21.5 Å². The molecule has 0 unspecified atom stereocenters. The summed E-state index contributed by atoms with van der Waals surface area (Å²) in [6.07, 6.45) is 3.23. The standard InChI is InChI=1S/C12H8N2OS/c15-10-6-9-5-8(12-13-3-4-16-12)1-2-11(9)14-7-10/h1-7,15H. The Morgan fingerprint density at radius 2 is 2.06 bits per heavy atom. The third-order valence-electron chi connectivity index (χ3n) is 2.35. The number of aromatic nitrogens is 2. The molecular formula is C12H8N2OS. The summed E-state index contributed by atoms with van der Waals surface area (Å²) in [6.45, 7) is 0. The number of hydrogen-bond donors (Lipinski definition) is 1. The van der Waals surface area contributed by atoms with Crippen molar-refractivity contribution in [1.82, 2.24) is 9.97 Å². The van der Waals surface area contributed by atoms with E-state index in [4.69, 9.17) is 0 Å². The molecule has 0 saturated carbocycles. The summed E-state index contributed by atoms with van der Waals surface area (Å²) in [5, 5.41) is 13.2. The van der Waals surface area contributed by atoms with Crippen LogP contribution in [0.1, 0.15) is 0 Å². The summed E-state index contributed by atoms with van der Waals surface area (Å²) in [4.78, 5) is 8.39. The Balaban J connectivity index is 2.22. The molecule has 0 bridgehead atoms. The van der Waals surface area contributed by atoms with Gasteiger partial charge in [-0.3, -0.25) is 4.98 Å². The largest absolute Gasteiger partial charge is 0.506 e. The van der Waals surface area contributed by atoms with E-state index in [9.17, 15) is 5.11 Å². The monoisotopic (exact) mass is 228 g/mol. The first-order valence-electron chi connectivity index (χ1n) is 4.81. The van der Waals surface area contributed by atoms with Gasteiger partial charge < -0.3 is 5.11 Å². The fourth-order valence-corrected chi connectivity index (χ4v) is 2.25. The van der Waals surface area contributed by atoms with Gasteiger partial charge in [0.15, 0.2) is 0 Å². The van der Waals surface area contributed by atoms with Crippen molar-refractivity contribution < 1.29 is 5.11 Å². The highest BCUT2D eigenvalue weighted by Gasteiger charge is 2.02. The smallest absolute Gasteiger partial charge is 0.134 e. The molecule has 0 fully saturated rings. The van der Waals surface area contributed by atoms with Gasteiger partial charge in [-0.05, 0) is 24.3 Å². The summed E-state index contributed by atoms with van der Waals surface area (Å²) in [5.74, 6) is 0.184. The average molecular weight is 228 g/mol. The van der Waals surface area contributed by atoms with Crippen molar-refractivity contribution in [2.45, 2.75) is 0 Å². The predicted octanol–water partition coefficient (Wildman–Crippen LogP) is 3.06. The van der Waals surface area contributed by atoms with Crippen LogP contribution < -0.4 is 0 Å². The van der Waals surface area contributed by atoms with Crippen LogP contribution in [0.5, 0.6) is 5.75 Å². The van der Waals surface area contributed by atoms with Gasteiger partial charge in [-0.2, -0.15) is 0 Å². The molecule has 0 aliphatic carbocycles. The number of thiazole rings is 1. The minimum Gasteiger partial charge on any atom is -0.506 e. The van der Waals surface area contributed by atoms with E-state index in [1.54, 1.807) is 23.6 Å². The molecule has 1 N–H and O–H groups in total. The highest BCUT2D eigenvalue weighted by atomic mass is 32.1. The number of aromatic hydroxyl groups is 1. The molecule has 0 aliphatic rings. The molecule has 0 aliphatic heterocycles. The fraction of sp³-hybridized carbons (Fsp3) is 0. The summed E-state index contributed by atoms with van der Waals surface area (Å²) < 4.78 is 0. The Hall–Kier alpha value is -1.94. The fourth-order valence-electron chi connectivity index (χ4n) is 1.62. The molecule has 2 aromatic heterocycles. The lowest BCUT2D eigenvalue weighted by Crippen LogP contribution is -1.80. The number of nitrogens with zero attached hydrogens (tertiary/aromatic N) is 2. The zero-order chi connectivity index (χ0) is 11.0. The first-order valence-corrected chi connectivity index (χ1v) is 5.69. The van der Waals surface area contributed by atoms with Gasteiger partial charge in [-0.15, -0.1) is 11.3 Å². The van der Waals surface area contributed by atoms with E-state index in [1.807, 2.05) is 23.6 Å². The normalized spacial score (nSPS) is 10.8. The molecule has 3 aromatic rings. The van der Waals surface area contributed by atoms with Crippen molar-refractivity contribution in [1.29, 1.82) is 0 Å². The second-order valence-electron chi connectivity index (χ2n) is 3.44. The van der Waals surface area contributed by atoms with Crippen molar-refractivity contribution in [3.05, 3.63) is 42.0 Å². The van der Waals surface area contributed by atoms with Crippen LogP contribution in [0.25, 0.3) is 21.5 Å². The summed E-state index contributed by atoms with van der Waals surface area (Å²) in [6, 6.07) is 7.62. The molecule has 4 heteroatoms. The molecule has 3 rings (SSSR count). The molecule has 0 spiro atoms. The molecule has 78 valence electrons. The molecule has 16 heavy (non-hydrogen) atoms. The van der Waals surface area contributed by atoms with Crippen molar-refractivity contribution in [3.63, 3.8) is 0 Å². The zero-order valence-electron chi connectivity index (χ0n) is 8.29. The van der Waals surface area contributed by atoms with Gasteiger partial charge in [0.1, 0.15) is 10.8 Å². The van der Waals surface area contributed by atoms with E-state index in [0.29, 0.717) is 0 Å². The first kappa shape index (κ1) is 9.30. The van der Waals surface area contributed by atoms with Gasteiger partial charge in [0.2, 0.25) is 0 Å². The quantitative estimate of drug-likeness (QED) is 0.696. The lowest BCUT2D eigenvalue weighted by Gasteiger charge is -2.00. The molecule has 0 atom stereocenters. The van der Waals surface area contributed by atoms with E-state index in [2.05, 4.69) is 9.97 Å². The second kappa shape index (κ2) is 3.57. The zero-order valence-corrected chi connectivity index (χ0v) is 9.11. The third-order valence-corrected chi connectivity index (χ3v) is 3.17. The van der Waals surface area contributed by atoms with Crippen LogP contribution in [0.4, 0.5) is 0 Å². The summed E-state index contributed by atoms with van der Waals surface area (Å²) in [7, 11) is 0. The number of fused-ring (bicyclic) bond motifs is 1. The maximum Gasteiger partial charge on any atom is 0.134 e. The Kier molecular flexibility index (Phi) is 2.08. The van der Waals surface area contributed by atoms with Gasteiger partial charge in [-0.25, -0.2) is 4.98 Å². The van der Waals surface area contributed by atoms with Crippen LogP contribution in [0.15, 0.2) is 42.0 Å². The SMILES string of the molecule is Oc1cnc2ccc(-c3nccs3)cc2c1. The van der Waals surface area contributed by atoms with Gasteiger partial charge in [0.25, 0.3) is 0 Å². The van der Waals surface area contributed by atoms with Crippen molar-refractivity contribution in [2.24, 2.45) is 0 Å². The predicted molar refractivity (Wildman–Crippen MR) is 64.5 cm³/mol. The molecule has 0 saturated heterocycles. The Morgan fingerprint density at radius 3 is 2.88 bits per heavy atom. The van der Waals surface area contributed by atoms with Crippen molar-refractivity contribution >= 4 is 22.2 Å². The van der Waals surface area contributed by atoms with E-state index < -0.39 is 0 Å². The Morgan fingerprint density at radius 1 is 1.12 bits per heavy atom. The van der Waals surface area contributed by atoms with Crippen LogP contribution in [0, 0.1) is 0 Å². The maximum absolute atomic E-state index is 9.38. The van der Waals surface area contributed by atoms with Gasteiger partial charge in [0.05, 0.1) is 11.7 Å². The topological polar surface area (TPSA) is 46.0 Å². The van der Waals surface area contributed by atoms with Crippen LogP contribution in [0.2, 0.25) is 0 Å². The lowest BCUT2D eigenvalue weighted by atomic mass is 10.1. The third kappa shape index (κ3) is 1.53. The van der Waals surface area contributed by atoms with Crippen LogP contribution in [-0.2, 0) is 0 Å². The average Bonchev–Trinajstić information content (AvgIpc) is 2.81. The van der Waals surface area contributed by atoms with Crippen LogP contribution >= 0.6 is 11.3 Å². The minimum absolute atomic E-state index is 0.184. The molecule has 1 aromatic carbocycles. The van der Waals surface area contributed by atoms with Gasteiger partial charge >= 0.3 is 0 Å². The number of hydrogen-bond acceptors (Lipinski definition) is 4. The summed E-state index contributed by atoms with van der Waals surface area (Å²) in [5.41, 5.74) is 1.92. The number of rotatable bonds is 1. The van der Waals surface area contributed by atoms with E-state index >= 15 is 0 Å². The number of benzene rings is 1. The summed E-state index contributed by atoms with van der Waals surface area (Å²) >= 11 is 1.59. The van der Waals surface area contributed by atoms with Crippen LogP contribution in [0.3, 0.4) is 0 Å². The van der Waals surface area contributed by atoms with E-state index in [-0.39, 0.29) is 5.75 Å². The minimum atomic E-state index is 0.184. The Labute approximate surface area is 96.0 Å². The maximum atomic E-state index is 9.38. The highest BCUT2D eigenvalue weighted by molar-refractivity contribution is 7.13. The second-order valence-corrected chi connectivity index (χ2v) is 4.33. The lowest BCUT2D eigenvalue weighted by molar-refractivity contribution is 0.474. The van der Waals surface area contributed by atoms with Crippen molar-refractivity contribution in [2.75, 3.05) is 0 Å². The molecule has 0 radical (unpaired) electrons. The van der Waals surface area contributed by atoms with Crippen molar-refractivity contribution in [3.8, 4) is 16.3 Å².